The quantitative estimate of drug-likeness (QED) is 0.839. The standard InChI is InChI=1S/C12H19N3O/c16-12(11-5-2-1-3-6-11)13-8-10-15-9-4-7-14-15/h4,7,9,11H,1-3,5-6,8,10H2,(H,13,16). The van der Waals surface area contributed by atoms with Crippen LogP contribution in [0.4, 0.5) is 0 Å². The minimum absolute atomic E-state index is 0.229. The smallest absolute Gasteiger partial charge is 0.223 e. The Balaban J connectivity index is 1.67. The normalized spacial score (nSPS) is 17.2. The van der Waals surface area contributed by atoms with Gasteiger partial charge in [0.15, 0.2) is 0 Å². The Morgan fingerprint density at radius 1 is 1.38 bits per heavy atom. The highest BCUT2D eigenvalue weighted by atomic mass is 16.1. The van der Waals surface area contributed by atoms with Crippen molar-refractivity contribution < 1.29 is 4.79 Å². The molecule has 16 heavy (non-hydrogen) atoms. The van der Waals surface area contributed by atoms with Gasteiger partial charge >= 0.3 is 0 Å². The molecule has 0 bridgehead atoms. The SMILES string of the molecule is O=C(NCCn1cccn1)C1CCCCC1. The van der Waals surface area contributed by atoms with Crippen molar-refractivity contribution in [2.24, 2.45) is 5.92 Å². The Hall–Kier alpha value is -1.32. The fourth-order valence-corrected chi connectivity index (χ4v) is 2.24. The Labute approximate surface area is 96.0 Å². The predicted octanol–water partition coefficient (Wildman–Crippen LogP) is 1.58. The van der Waals surface area contributed by atoms with Gasteiger partial charge in [-0.15, -0.1) is 0 Å². The molecule has 1 saturated carbocycles. The Bertz CT molecular complexity index is 315. The first-order chi connectivity index (χ1) is 7.86. The van der Waals surface area contributed by atoms with Gasteiger partial charge in [0, 0.05) is 24.9 Å². The molecule has 4 heteroatoms. The fourth-order valence-electron chi connectivity index (χ4n) is 2.24. The van der Waals surface area contributed by atoms with E-state index in [1.807, 2.05) is 16.9 Å². The minimum atomic E-state index is 0.229. The van der Waals surface area contributed by atoms with Gasteiger partial charge in [0.1, 0.15) is 0 Å². The highest BCUT2D eigenvalue weighted by Gasteiger charge is 2.20. The van der Waals surface area contributed by atoms with Crippen molar-refractivity contribution in [2.45, 2.75) is 38.6 Å². The lowest BCUT2D eigenvalue weighted by Crippen LogP contribution is -2.34. The molecular weight excluding hydrogens is 202 g/mol. The van der Waals surface area contributed by atoms with Crippen LogP contribution in [0.25, 0.3) is 0 Å². The lowest BCUT2D eigenvalue weighted by molar-refractivity contribution is -0.125. The summed E-state index contributed by atoms with van der Waals surface area (Å²) in [4.78, 5) is 11.8. The average molecular weight is 221 g/mol. The van der Waals surface area contributed by atoms with E-state index in [1.165, 1.54) is 19.3 Å². The molecule has 1 N–H and O–H groups in total. The fraction of sp³-hybridized carbons (Fsp3) is 0.667. The second-order valence-electron chi connectivity index (χ2n) is 4.40. The lowest BCUT2D eigenvalue weighted by atomic mass is 9.89. The van der Waals surface area contributed by atoms with Crippen LogP contribution in [0.2, 0.25) is 0 Å². The van der Waals surface area contributed by atoms with Crippen LogP contribution in [0.15, 0.2) is 18.5 Å². The van der Waals surface area contributed by atoms with E-state index in [-0.39, 0.29) is 11.8 Å². The third kappa shape index (κ3) is 3.08. The lowest BCUT2D eigenvalue weighted by Gasteiger charge is -2.20. The first kappa shape index (κ1) is 11.2. The van der Waals surface area contributed by atoms with Crippen LogP contribution in [0.5, 0.6) is 0 Å². The summed E-state index contributed by atoms with van der Waals surface area (Å²) in [5, 5.41) is 7.08. The summed E-state index contributed by atoms with van der Waals surface area (Å²) in [5.41, 5.74) is 0. The highest BCUT2D eigenvalue weighted by Crippen LogP contribution is 2.23. The van der Waals surface area contributed by atoms with Gasteiger partial charge in [0.05, 0.1) is 6.54 Å². The van der Waals surface area contributed by atoms with Crippen molar-refractivity contribution in [3.8, 4) is 0 Å². The molecule has 0 atom stereocenters. The van der Waals surface area contributed by atoms with Crippen LogP contribution >= 0.6 is 0 Å². The molecule has 4 nitrogen and oxygen atoms in total. The van der Waals surface area contributed by atoms with E-state index in [0.717, 1.165) is 19.4 Å². The van der Waals surface area contributed by atoms with E-state index in [4.69, 9.17) is 0 Å². The van der Waals surface area contributed by atoms with Gasteiger partial charge in [0.2, 0.25) is 5.91 Å². The van der Waals surface area contributed by atoms with Crippen LogP contribution < -0.4 is 5.32 Å². The van der Waals surface area contributed by atoms with Crippen molar-refractivity contribution in [3.05, 3.63) is 18.5 Å². The number of carbonyl (C=O) groups is 1. The number of nitrogens with one attached hydrogen (secondary N) is 1. The molecule has 0 spiro atoms. The van der Waals surface area contributed by atoms with Crippen LogP contribution in [0, 0.1) is 5.92 Å². The number of carbonyl (C=O) groups excluding carboxylic acids is 1. The summed E-state index contributed by atoms with van der Waals surface area (Å²) in [7, 11) is 0. The maximum Gasteiger partial charge on any atom is 0.223 e. The predicted molar refractivity (Wildman–Crippen MR) is 61.8 cm³/mol. The summed E-state index contributed by atoms with van der Waals surface area (Å²) in [6.45, 7) is 1.43. The second kappa shape index (κ2) is 5.68. The van der Waals surface area contributed by atoms with E-state index in [0.29, 0.717) is 6.54 Å². The maximum atomic E-state index is 11.8. The average Bonchev–Trinajstić information content (AvgIpc) is 2.83. The van der Waals surface area contributed by atoms with Crippen LogP contribution in [-0.2, 0) is 11.3 Å². The third-order valence-corrected chi connectivity index (χ3v) is 3.18. The van der Waals surface area contributed by atoms with Gasteiger partial charge in [-0.2, -0.15) is 5.10 Å². The maximum absolute atomic E-state index is 11.8. The molecule has 1 heterocycles. The summed E-state index contributed by atoms with van der Waals surface area (Å²) in [6.07, 6.45) is 9.49. The van der Waals surface area contributed by atoms with Crippen molar-refractivity contribution in [1.82, 2.24) is 15.1 Å². The molecule has 0 unspecified atom stereocenters. The van der Waals surface area contributed by atoms with Gasteiger partial charge < -0.3 is 5.32 Å². The van der Waals surface area contributed by atoms with E-state index in [9.17, 15) is 4.79 Å². The molecule has 88 valence electrons. The molecule has 1 fully saturated rings. The minimum Gasteiger partial charge on any atom is -0.354 e. The topological polar surface area (TPSA) is 46.9 Å². The summed E-state index contributed by atoms with van der Waals surface area (Å²) >= 11 is 0. The second-order valence-corrected chi connectivity index (χ2v) is 4.40. The monoisotopic (exact) mass is 221 g/mol. The zero-order valence-electron chi connectivity index (χ0n) is 9.56. The molecule has 1 amide bonds. The summed E-state index contributed by atoms with van der Waals surface area (Å²) in [6, 6.07) is 1.89. The summed E-state index contributed by atoms with van der Waals surface area (Å²) in [5.74, 6) is 0.484. The molecule has 1 aliphatic rings. The molecule has 0 saturated heterocycles. The first-order valence-corrected chi connectivity index (χ1v) is 6.11. The third-order valence-electron chi connectivity index (χ3n) is 3.18. The number of aromatic nitrogens is 2. The summed E-state index contributed by atoms with van der Waals surface area (Å²) < 4.78 is 1.83. The van der Waals surface area contributed by atoms with Gasteiger partial charge in [-0.1, -0.05) is 19.3 Å². The zero-order valence-corrected chi connectivity index (χ0v) is 9.56. The number of amides is 1. The molecule has 1 aromatic rings. The Morgan fingerprint density at radius 2 is 2.19 bits per heavy atom. The van der Waals surface area contributed by atoms with E-state index in [2.05, 4.69) is 10.4 Å². The molecule has 0 aromatic carbocycles. The number of rotatable bonds is 4. The van der Waals surface area contributed by atoms with E-state index in [1.54, 1.807) is 6.20 Å². The highest BCUT2D eigenvalue weighted by molar-refractivity contribution is 5.78. The van der Waals surface area contributed by atoms with Crippen molar-refractivity contribution in [2.75, 3.05) is 6.54 Å². The number of hydrogen-bond acceptors (Lipinski definition) is 2. The number of nitrogens with zero attached hydrogens (tertiary/aromatic N) is 2. The van der Waals surface area contributed by atoms with Crippen LogP contribution in [-0.4, -0.2) is 22.2 Å². The van der Waals surface area contributed by atoms with Crippen molar-refractivity contribution in [3.63, 3.8) is 0 Å². The largest absolute Gasteiger partial charge is 0.354 e. The molecule has 2 rings (SSSR count). The van der Waals surface area contributed by atoms with Gasteiger partial charge in [-0.25, -0.2) is 0 Å². The van der Waals surface area contributed by atoms with Crippen LogP contribution in [0.1, 0.15) is 32.1 Å². The molecule has 1 aliphatic carbocycles. The zero-order chi connectivity index (χ0) is 11.2. The molecule has 0 radical (unpaired) electrons. The van der Waals surface area contributed by atoms with Crippen molar-refractivity contribution >= 4 is 5.91 Å². The molecule has 1 aromatic heterocycles. The van der Waals surface area contributed by atoms with E-state index < -0.39 is 0 Å². The van der Waals surface area contributed by atoms with Gasteiger partial charge in [-0.05, 0) is 18.9 Å². The van der Waals surface area contributed by atoms with Gasteiger partial charge in [-0.3, -0.25) is 9.48 Å². The van der Waals surface area contributed by atoms with E-state index >= 15 is 0 Å². The first-order valence-electron chi connectivity index (χ1n) is 6.11. The van der Waals surface area contributed by atoms with Crippen molar-refractivity contribution in [1.29, 1.82) is 0 Å². The van der Waals surface area contributed by atoms with Gasteiger partial charge in [0.25, 0.3) is 0 Å². The Morgan fingerprint density at radius 3 is 2.88 bits per heavy atom. The Kier molecular flexibility index (Phi) is 3.97. The number of hydrogen-bond donors (Lipinski definition) is 1. The molecule has 0 aliphatic heterocycles. The van der Waals surface area contributed by atoms with Crippen LogP contribution in [0.3, 0.4) is 0 Å². The molecular formula is C12H19N3O.